The number of thiophene rings is 1. The van der Waals surface area contributed by atoms with Crippen molar-refractivity contribution in [1.29, 1.82) is 0 Å². The smallest absolute Gasteiger partial charge is 0.239 e. The number of aromatic nitrogens is 2. The number of oxazole rings is 1. The monoisotopic (exact) mass is 421 g/mol. The Bertz CT molecular complexity index is 1170. The second-order valence-corrected chi connectivity index (χ2v) is 9.61. The summed E-state index contributed by atoms with van der Waals surface area (Å²) in [6.45, 7) is 1.56. The zero-order valence-electron chi connectivity index (χ0n) is 15.0. The van der Waals surface area contributed by atoms with Crippen molar-refractivity contribution < 1.29 is 17.2 Å². The summed E-state index contributed by atoms with van der Waals surface area (Å²) < 4.78 is 45.7. The van der Waals surface area contributed by atoms with Crippen molar-refractivity contribution in [3.63, 3.8) is 0 Å². The van der Waals surface area contributed by atoms with Crippen LogP contribution >= 0.6 is 11.3 Å². The van der Waals surface area contributed by atoms with E-state index in [9.17, 15) is 12.8 Å². The minimum atomic E-state index is -3.69. The van der Waals surface area contributed by atoms with Gasteiger partial charge in [-0.3, -0.25) is 4.98 Å². The molecule has 0 aliphatic carbocycles. The van der Waals surface area contributed by atoms with Gasteiger partial charge >= 0.3 is 0 Å². The molecule has 8 nitrogen and oxygen atoms in total. The molecule has 0 saturated heterocycles. The fourth-order valence-electron chi connectivity index (χ4n) is 3.00. The van der Waals surface area contributed by atoms with Crippen molar-refractivity contribution in [2.24, 2.45) is 10.7 Å². The summed E-state index contributed by atoms with van der Waals surface area (Å²) in [5.41, 5.74) is 5.75. The SMILES string of the molecule is CN1C(N)=NC(C)(c2sc(-c3cncc(-c4ncco4)c3)cc2F)CS1(=O)=O. The van der Waals surface area contributed by atoms with E-state index in [1.807, 2.05) is 0 Å². The van der Waals surface area contributed by atoms with Crippen LogP contribution in [0, 0.1) is 5.82 Å². The number of guanidine groups is 1. The highest BCUT2D eigenvalue weighted by molar-refractivity contribution is 7.89. The summed E-state index contributed by atoms with van der Waals surface area (Å²) in [6, 6.07) is 3.12. The lowest BCUT2D eigenvalue weighted by molar-refractivity contribution is 0.466. The van der Waals surface area contributed by atoms with Gasteiger partial charge in [0.1, 0.15) is 17.6 Å². The third-order valence-electron chi connectivity index (χ3n) is 4.44. The molecule has 3 aromatic rings. The molecule has 4 heterocycles. The van der Waals surface area contributed by atoms with Gasteiger partial charge in [0, 0.05) is 29.9 Å². The van der Waals surface area contributed by atoms with E-state index >= 15 is 0 Å². The Hall–Kier alpha value is -2.79. The van der Waals surface area contributed by atoms with E-state index < -0.39 is 21.4 Å². The van der Waals surface area contributed by atoms with E-state index in [2.05, 4.69) is 15.0 Å². The number of nitrogens with zero attached hydrogens (tertiary/aromatic N) is 4. The van der Waals surface area contributed by atoms with Crippen LogP contribution in [-0.2, 0) is 15.6 Å². The number of halogens is 1. The lowest BCUT2D eigenvalue weighted by atomic mass is 10.0. The van der Waals surface area contributed by atoms with Crippen LogP contribution in [-0.4, -0.2) is 41.5 Å². The molecular formula is C17H16FN5O3S2. The number of hydrogen-bond acceptors (Lipinski definition) is 8. The van der Waals surface area contributed by atoms with Gasteiger partial charge < -0.3 is 10.2 Å². The fraction of sp³-hybridized carbons (Fsp3) is 0.235. The summed E-state index contributed by atoms with van der Waals surface area (Å²) in [7, 11) is -2.37. The lowest BCUT2D eigenvalue weighted by Gasteiger charge is -2.33. The standard InChI is InChI=1S/C17H16FN5O3S2/c1-17(9-28(24,25)23(2)16(19)22-17)14-12(18)6-13(27-14)10-5-11(8-20-7-10)15-21-3-4-26-15/h3-8H,9H2,1-2H3,(H2,19,22). The number of pyridine rings is 1. The third kappa shape index (κ3) is 3.06. The first-order valence-corrected chi connectivity index (χ1v) is 10.6. The Labute approximate surface area is 164 Å². The van der Waals surface area contributed by atoms with Crippen LogP contribution in [0.4, 0.5) is 4.39 Å². The van der Waals surface area contributed by atoms with Gasteiger partial charge in [0.25, 0.3) is 0 Å². The number of aliphatic imine (C=N–C) groups is 1. The molecule has 146 valence electrons. The first-order chi connectivity index (χ1) is 13.2. The first-order valence-electron chi connectivity index (χ1n) is 8.17. The van der Waals surface area contributed by atoms with Gasteiger partial charge in [0.15, 0.2) is 0 Å². The van der Waals surface area contributed by atoms with Crippen LogP contribution in [0.1, 0.15) is 11.8 Å². The van der Waals surface area contributed by atoms with E-state index in [0.717, 1.165) is 15.6 Å². The van der Waals surface area contributed by atoms with Gasteiger partial charge in [-0.05, 0) is 19.1 Å². The van der Waals surface area contributed by atoms with Crippen molar-refractivity contribution in [2.45, 2.75) is 12.5 Å². The summed E-state index contributed by atoms with van der Waals surface area (Å²) in [4.78, 5) is 13.3. The van der Waals surface area contributed by atoms with Gasteiger partial charge in [-0.1, -0.05) is 0 Å². The molecular weight excluding hydrogens is 405 g/mol. The van der Waals surface area contributed by atoms with Crippen LogP contribution in [0.5, 0.6) is 0 Å². The maximum atomic E-state index is 14.8. The molecule has 0 amide bonds. The largest absolute Gasteiger partial charge is 0.444 e. The summed E-state index contributed by atoms with van der Waals surface area (Å²) in [6.07, 6.45) is 6.16. The highest BCUT2D eigenvalue weighted by Gasteiger charge is 2.43. The quantitative estimate of drug-likeness (QED) is 0.694. The van der Waals surface area contributed by atoms with Crippen molar-refractivity contribution in [3.8, 4) is 21.9 Å². The van der Waals surface area contributed by atoms with Crippen LogP contribution in [0.3, 0.4) is 0 Å². The Morgan fingerprint density at radius 3 is 2.75 bits per heavy atom. The summed E-state index contributed by atoms with van der Waals surface area (Å²) in [5.74, 6) is -0.684. The molecule has 0 aromatic carbocycles. The van der Waals surface area contributed by atoms with E-state index in [1.54, 1.807) is 25.4 Å². The van der Waals surface area contributed by atoms with E-state index in [1.165, 1.54) is 25.6 Å². The second-order valence-electron chi connectivity index (χ2n) is 6.55. The third-order valence-corrected chi connectivity index (χ3v) is 7.80. The van der Waals surface area contributed by atoms with Crippen LogP contribution in [0.2, 0.25) is 0 Å². The normalized spacial score (nSPS) is 21.5. The molecule has 0 spiro atoms. The van der Waals surface area contributed by atoms with E-state index in [-0.39, 0.29) is 16.6 Å². The van der Waals surface area contributed by atoms with Crippen LogP contribution in [0.15, 0.2) is 46.4 Å². The maximum Gasteiger partial charge on any atom is 0.239 e. The predicted molar refractivity (Wildman–Crippen MR) is 104 cm³/mol. The number of nitrogens with two attached hydrogens (primary N) is 1. The fourth-order valence-corrected chi connectivity index (χ4v) is 5.64. The topological polar surface area (TPSA) is 115 Å². The van der Waals surface area contributed by atoms with Crippen LogP contribution in [0.25, 0.3) is 21.9 Å². The molecule has 1 unspecified atom stereocenters. The molecule has 1 aliphatic rings. The summed E-state index contributed by atoms with van der Waals surface area (Å²) in [5, 5.41) is 0. The van der Waals surface area contributed by atoms with E-state index in [4.69, 9.17) is 10.2 Å². The molecule has 0 bridgehead atoms. The predicted octanol–water partition coefficient (Wildman–Crippen LogP) is 2.41. The van der Waals surface area contributed by atoms with Gasteiger partial charge in [-0.2, -0.15) is 0 Å². The molecule has 28 heavy (non-hydrogen) atoms. The van der Waals surface area contributed by atoms with Crippen LogP contribution < -0.4 is 5.73 Å². The first kappa shape index (κ1) is 18.6. The molecule has 4 rings (SSSR count). The maximum absolute atomic E-state index is 14.8. The Balaban J connectivity index is 1.77. The molecule has 1 atom stereocenters. The minimum absolute atomic E-state index is 0.171. The van der Waals surface area contributed by atoms with Gasteiger partial charge in [-0.25, -0.2) is 27.1 Å². The van der Waals surface area contributed by atoms with Gasteiger partial charge in [0.05, 0.1) is 22.4 Å². The average Bonchev–Trinajstić information content (AvgIpc) is 3.29. The van der Waals surface area contributed by atoms with Gasteiger partial charge in [0.2, 0.25) is 21.9 Å². The zero-order chi connectivity index (χ0) is 20.1. The van der Waals surface area contributed by atoms with Crippen molar-refractivity contribution in [3.05, 3.63) is 47.7 Å². The van der Waals surface area contributed by atoms with Crippen molar-refractivity contribution in [1.82, 2.24) is 14.3 Å². The highest BCUT2D eigenvalue weighted by atomic mass is 32.2. The van der Waals surface area contributed by atoms with Gasteiger partial charge in [-0.15, -0.1) is 11.3 Å². The van der Waals surface area contributed by atoms with Crippen molar-refractivity contribution >= 4 is 27.3 Å². The highest BCUT2D eigenvalue weighted by Crippen LogP contribution is 2.41. The number of rotatable bonds is 3. The average molecular weight is 421 g/mol. The minimum Gasteiger partial charge on any atom is -0.444 e. The Kier molecular flexibility index (Phi) is 4.23. The second kappa shape index (κ2) is 6.38. The molecule has 11 heteroatoms. The molecule has 0 fully saturated rings. The molecule has 0 saturated carbocycles. The molecule has 1 aliphatic heterocycles. The molecule has 3 aromatic heterocycles. The number of sulfonamides is 1. The van der Waals surface area contributed by atoms with Crippen molar-refractivity contribution in [2.75, 3.05) is 12.8 Å². The van der Waals surface area contributed by atoms with E-state index in [0.29, 0.717) is 21.9 Å². The zero-order valence-corrected chi connectivity index (χ0v) is 16.6. The molecule has 2 N–H and O–H groups in total. The lowest BCUT2D eigenvalue weighted by Crippen LogP contribution is -2.50. The number of hydrogen-bond donors (Lipinski definition) is 1. The Morgan fingerprint density at radius 1 is 1.32 bits per heavy atom. The molecule has 0 radical (unpaired) electrons. The summed E-state index contributed by atoms with van der Waals surface area (Å²) >= 11 is 1.12. The Morgan fingerprint density at radius 2 is 2.07 bits per heavy atom.